The Labute approximate surface area is 149 Å². The van der Waals surface area contributed by atoms with E-state index in [1.165, 1.54) is 27.8 Å². The minimum Gasteiger partial charge on any atom is -1.00 e. The van der Waals surface area contributed by atoms with Crippen LogP contribution in [0.15, 0.2) is 36.4 Å². The van der Waals surface area contributed by atoms with Crippen LogP contribution in [-0.2, 0) is 28.1 Å². The van der Waals surface area contributed by atoms with Crippen LogP contribution in [0.1, 0.15) is 27.8 Å². The molecule has 0 amide bonds. The van der Waals surface area contributed by atoms with Gasteiger partial charge in [0.05, 0.1) is 0 Å². The van der Waals surface area contributed by atoms with Gasteiger partial charge in [0, 0.05) is 0 Å². The van der Waals surface area contributed by atoms with Gasteiger partial charge < -0.3 is 37.2 Å². The Morgan fingerprint density at radius 2 is 1.37 bits per heavy atom. The maximum Gasteiger partial charge on any atom is 4.00 e. The normalized spacial score (nSPS) is 8.37. The fourth-order valence-corrected chi connectivity index (χ4v) is 1.96. The zero-order valence-electron chi connectivity index (χ0n) is 11.3. The number of aryl methyl sites for hydroxylation is 1. The number of rotatable bonds is 2. The maximum absolute atomic E-state index is 2.25. The molecule has 0 heterocycles. The van der Waals surface area contributed by atoms with Gasteiger partial charge in [0.25, 0.3) is 0 Å². The van der Waals surface area contributed by atoms with Crippen molar-refractivity contribution in [2.75, 3.05) is 0 Å². The van der Waals surface area contributed by atoms with E-state index in [-0.39, 0.29) is 58.9 Å². The van der Waals surface area contributed by atoms with Crippen LogP contribution in [0.4, 0.5) is 0 Å². The van der Waals surface area contributed by atoms with E-state index in [4.69, 9.17) is 0 Å². The molecular weight excluding hydrogens is 334 g/mol. The van der Waals surface area contributed by atoms with E-state index in [1.54, 1.807) is 0 Å². The number of hydrogen-bond acceptors (Lipinski definition) is 0. The van der Waals surface area contributed by atoms with Crippen molar-refractivity contribution < 1.29 is 58.9 Å². The largest absolute Gasteiger partial charge is 4.00 e. The first kappa shape index (κ1) is 24.2. The quantitative estimate of drug-likeness (QED) is 0.375. The van der Waals surface area contributed by atoms with Crippen LogP contribution in [0, 0.1) is 20.8 Å². The third-order valence-electron chi connectivity index (χ3n) is 3.30. The number of hydrogen-bond donors (Lipinski definition) is 0. The van der Waals surface area contributed by atoms with Gasteiger partial charge in [-0.2, -0.15) is 17.7 Å². The van der Waals surface area contributed by atoms with Crippen LogP contribution in [0.3, 0.4) is 0 Å². The van der Waals surface area contributed by atoms with E-state index >= 15 is 0 Å². The maximum atomic E-state index is 2.25. The molecule has 2 aromatic rings. The van der Waals surface area contributed by atoms with Crippen molar-refractivity contribution in [1.82, 2.24) is 0 Å². The fraction of sp³-hybridized carbons (Fsp3) is 0.267. The number of halogens is 3. The molecule has 0 atom stereocenters. The third-order valence-corrected chi connectivity index (χ3v) is 3.30. The first-order chi connectivity index (χ1) is 7.18. The Kier molecular flexibility index (Phi) is 13.9. The van der Waals surface area contributed by atoms with Crippen molar-refractivity contribution in [3.63, 3.8) is 0 Å². The fourth-order valence-electron chi connectivity index (χ4n) is 1.96. The van der Waals surface area contributed by atoms with Gasteiger partial charge in [-0.05, 0) is 43.9 Å². The predicted molar refractivity (Wildman–Crippen MR) is 65.5 cm³/mol. The summed E-state index contributed by atoms with van der Waals surface area (Å²) >= 11 is 0. The minimum absolute atomic E-state index is 0. The van der Waals surface area contributed by atoms with Crippen molar-refractivity contribution in [3.8, 4) is 0 Å². The van der Waals surface area contributed by atoms with Crippen LogP contribution in [0.25, 0.3) is 0 Å². The molecule has 0 aromatic heterocycles. The van der Waals surface area contributed by atoms with Crippen molar-refractivity contribution in [1.29, 1.82) is 0 Å². The summed E-state index contributed by atoms with van der Waals surface area (Å²) in [6.07, 6.45) is 1.06. The molecule has 0 saturated heterocycles. The second-order valence-corrected chi connectivity index (χ2v) is 4.26. The SMILES string of the molecule is Cc1ccc(C[c-]2cccc2)c(C)c1C.[Cl-].[Cl-].[Cl-].[Ti+4]. The average molecular weight is 352 g/mol. The Morgan fingerprint density at radius 1 is 0.842 bits per heavy atom. The second-order valence-electron chi connectivity index (χ2n) is 4.26. The van der Waals surface area contributed by atoms with Gasteiger partial charge in [0.15, 0.2) is 0 Å². The van der Waals surface area contributed by atoms with E-state index < -0.39 is 0 Å². The second kappa shape index (κ2) is 10.9. The van der Waals surface area contributed by atoms with Gasteiger partial charge in [-0.25, -0.2) is 12.1 Å². The Hall–Kier alpha value is 0.154. The molecule has 0 fully saturated rings. The van der Waals surface area contributed by atoms with Gasteiger partial charge >= 0.3 is 21.7 Å². The molecule has 0 nitrogen and oxygen atoms in total. The van der Waals surface area contributed by atoms with Gasteiger partial charge in [-0.3, -0.25) is 0 Å². The smallest absolute Gasteiger partial charge is 1.00 e. The van der Waals surface area contributed by atoms with Crippen LogP contribution in [0.5, 0.6) is 0 Å². The van der Waals surface area contributed by atoms with Crippen LogP contribution in [0.2, 0.25) is 0 Å². The topological polar surface area (TPSA) is 0 Å². The molecule has 0 spiro atoms. The predicted octanol–water partition coefficient (Wildman–Crippen LogP) is -5.07. The molecule has 0 N–H and O–H groups in total. The van der Waals surface area contributed by atoms with Gasteiger partial charge in [-0.15, -0.1) is 0 Å². The zero-order chi connectivity index (χ0) is 10.8. The standard InChI is InChI=1S/C15H17.3ClH.Ti/c1-11-8-9-15(13(3)12(11)2)10-14-6-4-5-7-14;;;;/h4-9H,10H2,1-3H3;3*1H;/q-1;;;;+4/p-3. The van der Waals surface area contributed by atoms with Gasteiger partial charge in [-0.1, -0.05) is 17.7 Å². The van der Waals surface area contributed by atoms with E-state index in [0.29, 0.717) is 0 Å². The molecule has 0 aliphatic carbocycles. The summed E-state index contributed by atoms with van der Waals surface area (Å²) in [5.74, 6) is 0. The third kappa shape index (κ3) is 5.98. The zero-order valence-corrected chi connectivity index (χ0v) is 15.1. The van der Waals surface area contributed by atoms with Crippen LogP contribution in [-0.4, -0.2) is 0 Å². The summed E-state index contributed by atoms with van der Waals surface area (Å²) in [7, 11) is 0. The minimum atomic E-state index is 0. The summed E-state index contributed by atoms with van der Waals surface area (Å²) < 4.78 is 0. The molecule has 0 aliphatic heterocycles. The molecule has 4 heteroatoms. The van der Waals surface area contributed by atoms with Crippen LogP contribution >= 0.6 is 0 Å². The van der Waals surface area contributed by atoms with E-state index in [0.717, 1.165) is 6.42 Å². The first-order valence-corrected chi connectivity index (χ1v) is 5.45. The van der Waals surface area contributed by atoms with Crippen molar-refractivity contribution in [2.45, 2.75) is 27.2 Å². The Balaban J connectivity index is -0.000000640. The molecule has 0 unspecified atom stereocenters. The summed E-state index contributed by atoms with van der Waals surface area (Å²) in [5, 5.41) is 0. The van der Waals surface area contributed by atoms with Gasteiger partial charge in [0.1, 0.15) is 0 Å². The van der Waals surface area contributed by atoms with E-state index in [2.05, 4.69) is 57.2 Å². The summed E-state index contributed by atoms with van der Waals surface area (Å²) in [5.41, 5.74) is 7.11. The molecular formula is C15H17Cl3Ti. The summed E-state index contributed by atoms with van der Waals surface area (Å²) in [6, 6.07) is 13.1. The van der Waals surface area contributed by atoms with Crippen molar-refractivity contribution in [3.05, 3.63) is 64.2 Å². The Bertz CT molecular complexity index is 464. The Morgan fingerprint density at radius 3 is 1.89 bits per heavy atom. The molecule has 0 radical (unpaired) electrons. The van der Waals surface area contributed by atoms with Crippen LogP contribution < -0.4 is 37.2 Å². The molecule has 2 rings (SSSR count). The monoisotopic (exact) mass is 350 g/mol. The summed E-state index contributed by atoms with van der Waals surface area (Å²) in [6.45, 7) is 6.61. The number of benzene rings is 1. The average Bonchev–Trinajstić information content (AvgIpc) is 2.72. The molecule has 102 valence electrons. The van der Waals surface area contributed by atoms with E-state index in [1.807, 2.05) is 0 Å². The summed E-state index contributed by atoms with van der Waals surface area (Å²) in [4.78, 5) is 0. The van der Waals surface area contributed by atoms with E-state index in [9.17, 15) is 0 Å². The van der Waals surface area contributed by atoms with Crippen molar-refractivity contribution >= 4 is 0 Å². The molecule has 2 aromatic carbocycles. The first-order valence-electron chi connectivity index (χ1n) is 5.45. The van der Waals surface area contributed by atoms with Gasteiger partial charge in [0.2, 0.25) is 0 Å². The molecule has 19 heavy (non-hydrogen) atoms. The molecule has 0 saturated carbocycles. The molecule has 0 bridgehead atoms. The molecule has 0 aliphatic rings. The van der Waals surface area contributed by atoms with Crippen molar-refractivity contribution in [2.24, 2.45) is 0 Å².